The highest BCUT2D eigenvalue weighted by atomic mass is 16.5. The largest absolute Gasteiger partial charge is 0.467 e. The molecular formula is C14H21NO3. The number of ether oxygens (including phenoxy) is 1. The summed E-state index contributed by atoms with van der Waals surface area (Å²) in [5, 5.41) is 12.9. The van der Waals surface area contributed by atoms with Gasteiger partial charge in [-0.15, -0.1) is 0 Å². The molecule has 18 heavy (non-hydrogen) atoms. The summed E-state index contributed by atoms with van der Waals surface area (Å²) in [5.74, 6) is -0.161. The van der Waals surface area contributed by atoms with Crippen molar-refractivity contribution in [1.29, 1.82) is 0 Å². The summed E-state index contributed by atoms with van der Waals surface area (Å²) in [5.41, 5.74) is 0.592. The SMILES string of the molecule is COC(=O)C(C)(O)CNc1ccc(C(C)C)cc1. The molecule has 0 spiro atoms. The number of hydrogen-bond acceptors (Lipinski definition) is 4. The minimum atomic E-state index is -1.52. The molecule has 0 heterocycles. The summed E-state index contributed by atoms with van der Waals surface area (Å²) >= 11 is 0. The van der Waals surface area contributed by atoms with E-state index in [-0.39, 0.29) is 6.54 Å². The number of rotatable bonds is 5. The fourth-order valence-corrected chi connectivity index (χ4v) is 1.55. The second-order valence-corrected chi connectivity index (χ2v) is 4.90. The number of methoxy groups -OCH3 is 1. The normalized spacial score (nSPS) is 14.1. The Balaban J connectivity index is 2.61. The molecule has 1 aromatic carbocycles. The van der Waals surface area contributed by atoms with E-state index in [1.165, 1.54) is 19.6 Å². The van der Waals surface area contributed by atoms with Crippen LogP contribution in [0, 0.1) is 0 Å². The predicted molar refractivity (Wildman–Crippen MR) is 71.7 cm³/mol. The first-order chi connectivity index (χ1) is 8.36. The highest BCUT2D eigenvalue weighted by molar-refractivity contribution is 5.79. The molecule has 0 amide bonds. The van der Waals surface area contributed by atoms with Crippen LogP contribution in [0.15, 0.2) is 24.3 Å². The maximum Gasteiger partial charge on any atom is 0.339 e. The van der Waals surface area contributed by atoms with Crippen LogP contribution in [-0.4, -0.2) is 30.3 Å². The van der Waals surface area contributed by atoms with Gasteiger partial charge in [-0.25, -0.2) is 4.79 Å². The fraction of sp³-hybridized carbons (Fsp3) is 0.500. The van der Waals surface area contributed by atoms with Gasteiger partial charge < -0.3 is 15.2 Å². The molecule has 0 aliphatic rings. The molecule has 1 atom stereocenters. The zero-order valence-corrected chi connectivity index (χ0v) is 11.4. The van der Waals surface area contributed by atoms with Crippen LogP contribution in [0.1, 0.15) is 32.3 Å². The third-order valence-corrected chi connectivity index (χ3v) is 2.84. The summed E-state index contributed by atoms with van der Waals surface area (Å²) in [6.07, 6.45) is 0. The molecule has 1 unspecified atom stereocenters. The van der Waals surface area contributed by atoms with Crippen molar-refractivity contribution in [3.8, 4) is 0 Å². The van der Waals surface area contributed by atoms with Gasteiger partial charge in [0.25, 0.3) is 0 Å². The van der Waals surface area contributed by atoms with Gasteiger partial charge in [0.15, 0.2) is 5.60 Å². The number of benzene rings is 1. The van der Waals surface area contributed by atoms with Gasteiger partial charge in [-0.05, 0) is 30.5 Å². The van der Waals surface area contributed by atoms with Crippen molar-refractivity contribution in [3.63, 3.8) is 0 Å². The van der Waals surface area contributed by atoms with Crippen LogP contribution in [-0.2, 0) is 9.53 Å². The fourth-order valence-electron chi connectivity index (χ4n) is 1.55. The molecule has 0 saturated carbocycles. The van der Waals surface area contributed by atoms with E-state index in [1.54, 1.807) is 0 Å². The van der Waals surface area contributed by atoms with E-state index in [0.29, 0.717) is 5.92 Å². The third-order valence-electron chi connectivity index (χ3n) is 2.84. The third kappa shape index (κ3) is 3.74. The summed E-state index contributed by atoms with van der Waals surface area (Å²) in [4.78, 5) is 11.3. The van der Waals surface area contributed by atoms with Crippen molar-refractivity contribution in [2.75, 3.05) is 19.0 Å². The van der Waals surface area contributed by atoms with Crippen LogP contribution in [0.3, 0.4) is 0 Å². The molecule has 1 rings (SSSR count). The van der Waals surface area contributed by atoms with E-state index >= 15 is 0 Å². The Hall–Kier alpha value is -1.55. The van der Waals surface area contributed by atoms with Gasteiger partial charge in [0, 0.05) is 5.69 Å². The van der Waals surface area contributed by atoms with E-state index in [4.69, 9.17) is 0 Å². The molecule has 1 aromatic rings. The second-order valence-electron chi connectivity index (χ2n) is 4.90. The van der Waals surface area contributed by atoms with Gasteiger partial charge in [0.1, 0.15) is 0 Å². The zero-order chi connectivity index (χ0) is 13.8. The minimum absolute atomic E-state index is 0.112. The molecule has 4 nitrogen and oxygen atoms in total. The Kier molecular flexibility index (Phi) is 4.73. The lowest BCUT2D eigenvalue weighted by Gasteiger charge is -2.21. The Morgan fingerprint density at radius 2 is 1.94 bits per heavy atom. The first kappa shape index (κ1) is 14.5. The van der Waals surface area contributed by atoms with Crippen molar-refractivity contribution < 1.29 is 14.6 Å². The molecule has 2 N–H and O–H groups in total. The number of esters is 1. The van der Waals surface area contributed by atoms with Gasteiger partial charge in [-0.3, -0.25) is 0 Å². The van der Waals surface area contributed by atoms with Crippen LogP contribution in [0.25, 0.3) is 0 Å². The molecular weight excluding hydrogens is 230 g/mol. The van der Waals surface area contributed by atoms with E-state index in [0.717, 1.165) is 5.69 Å². The topological polar surface area (TPSA) is 58.6 Å². The number of hydrogen-bond donors (Lipinski definition) is 2. The first-order valence-corrected chi connectivity index (χ1v) is 6.01. The van der Waals surface area contributed by atoms with Crippen molar-refractivity contribution in [2.45, 2.75) is 32.3 Å². The first-order valence-electron chi connectivity index (χ1n) is 6.01. The lowest BCUT2D eigenvalue weighted by atomic mass is 10.0. The van der Waals surface area contributed by atoms with Gasteiger partial charge >= 0.3 is 5.97 Å². The minimum Gasteiger partial charge on any atom is -0.467 e. The van der Waals surface area contributed by atoms with E-state index in [9.17, 15) is 9.90 Å². The van der Waals surface area contributed by atoms with Crippen molar-refractivity contribution in [2.24, 2.45) is 0 Å². The monoisotopic (exact) mass is 251 g/mol. The van der Waals surface area contributed by atoms with Gasteiger partial charge in [-0.2, -0.15) is 0 Å². The predicted octanol–water partition coefficient (Wildman–Crippen LogP) is 2.15. The maximum atomic E-state index is 11.3. The standard InChI is InChI=1S/C14H21NO3/c1-10(2)11-5-7-12(8-6-11)15-9-14(3,17)13(16)18-4/h5-8,10,15,17H,9H2,1-4H3. The average Bonchev–Trinajstić information content (AvgIpc) is 2.35. The molecule has 0 saturated heterocycles. The van der Waals surface area contributed by atoms with Gasteiger partial charge in [0.05, 0.1) is 13.7 Å². The summed E-state index contributed by atoms with van der Waals surface area (Å²) in [6.45, 7) is 5.80. The molecule has 0 aromatic heterocycles. The lowest BCUT2D eigenvalue weighted by Crippen LogP contribution is -2.42. The summed E-state index contributed by atoms with van der Waals surface area (Å²) in [7, 11) is 1.26. The number of nitrogens with one attached hydrogen (secondary N) is 1. The van der Waals surface area contributed by atoms with Crippen LogP contribution < -0.4 is 5.32 Å². The van der Waals surface area contributed by atoms with E-state index in [1.807, 2.05) is 24.3 Å². The highest BCUT2D eigenvalue weighted by Crippen LogP contribution is 2.17. The van der Waals surface area contributed by atoms with Gasteiger partial charge in [-0.1, -0.05) is 26.0 Å². The quantitative estimate of drug-likeness (QED) is 0.787. The summed E-state index contributed by atoms with van der Waals surface area (Å²) in [6, 6.07) is 7.92. The van der Waals surface area contributed by atoms with E-state index < -0.39 is 11.6 Å². The Morgan fingerprint density at radius 3 is 2.39 bits per heavy atom. The van der Waals surface area contributed by atoms with Crippen molar-refractivity contribution in [1.82, 2.24) is 0 Å². The summed E-state index contributed by atoms with van der Waals surface area (Å²) < 4.78 is 4.53. The zero-order valence-electron chi connectivity index (χ0n) is 11.4. The number of aliphatic hydroxyl groups is 1. The molecule has 0 fully saturated rings. The molecule has 0 bridgehead atoms. The lowest BCUT2D eigenvalue weighted by molar-refractivity contribution is -0.158. The highest BCUT2D eigenvalue weighted by Gasteiger charge is 2.30. The molecule has 0 aliphatic carbocycles. The molecule has 0 radical (unpaired) electrons. The van der Waals surface area contributed by atoms with Crippen molar-refractivity contribution >= 4 is 11.7 Å². The van der Waals surface area contributed by atoms with Crippen LogP contribution in [0.2, 0.25) is 0 Å². The molecule has 4 heteroatoms. The average molecular weight is 251 g/mol. The number of anilines is 1. The van der Waals surface area contributed by atoms with Crippen LogP contribution >= 0.6 is 0 Å². The molecule has 100 valence electrons. The van der Waals surface area contributed by atoms with Crippen LogP contribution in [0.4, 0.5) is 5.69 Å². The Labute approximate surface area is 108 Å². The van der Waals surface area contributed by atoms with Gasteiger partial charge in [0.2, 0.25) is 0 Å². The number of carbonyl (C=O) groups excluding carboxylic acids is 1. The van der Waals surface area contributed by atoms with Crippen molar-refractivity contribution in [3.05, 3.63) is 29.8 Å². The molecule has 0 aliphatic heterocycles. The maximum absolute atomic E-state index is 11.3. The second kappa shape index (κ2) is 5.87. The van der Waals surface area contributed by atoms with Crippen LogP contribution in [0.5, 0.6) is 0 Å². The number of carbonyl (C=O) groups is 1. The van der Waals surface area contributed by atoms with E-state index in [2.05, 4.69) is 23.9 Å². The smallest absolute Gasteiger partial charge is 0.339 e. The Morgan fingerprint density at radius 1 is 1.39 bits per heavy atom. The Bertz CT molecular complexity index is 396.